The summed E-state index contributed by atoms with van der Waals surface area (Å²) in [7, 11) is 0. The molecule has 0 spiro atoms. The molecule has 0 aliphatic carbocycles. The van der Waals surface area contributed by atoms with Crippen LogP contribution >= 0.6 is 0 Å². The summed E-state index contributed by atoms with van der Waals surface area (Å²) in [5, 5.41) is 9.70. The number of esters is 1. The van der Waals surface area contributed by atoms with Crippen molar-refractivity contribution in [1.29, 1.82) is 0 Å². The lowest BCUT2D eigenvalue weighted by Crippen LogP contribution is -2.37. The van der Waals surface area contributed by atoms with Crippen molar-refractivity contribution < 1.29 is 14.3 Å². The van der Waals surface area contributed by atoms with E-state index in [2.05, 4.69) is 20.5 Å². The predicted octanol–water partition coefficient (Wildman–Crippen LogP) is 3.20. The highest BCUT2D eigenvalue weighted by molar-refractivity contribution is 5.93. The second kappa shape index (κ2) is 8.47. The Morgan fingerprint density at radius 3 is 2.50 bits per heavy atom. The second-order valence-electron chi connectivity index (χ2n) is 6.51. The highest BCUT2D eigenvalue weighted by Crippen LogP contribution is 2.17. The Hall–Kier alpha value is -3.48. The molecule has 7 nitrogen and oxygen atoms in total. The van der Waals surface area contributed by atoms with Crippen LogP contribution in [0.4, 0.5) is 0 Å². The van der Waals surface area contributed by atoms with Crippen LogP contribution in [-0.4, -0.2) is 33.2 Å². The van der Waals surface area contributed by atoms with Crippen LogP contribution < -0.4 is 5.32 Å². The molecule has 0 aliphatic heterocycles. The fourth-order valence-electron chi connectivity index (χ4n) is 2.69. The lowest BCUT2D eigenvalue weighted by Gasteiger charge is -2.18. The molecule has 0 saturated carbocycles. The summed E-state index contributed by atoms with van der Waals surface area (Å²) in [6.07, 6.45) is -0.923. The zero-order valence-corrected chi connectivity index (χ0v) is 16.0. The van der Waals surface area contributed by atoms with Gasteiger partial charge in [-0.1, -0.05) is 42.5 Å². The third kappa shape index (κ3) is 4.62. The molecule has 2 atom stereocenters. The summed E-state index contributed by atoms with van der Waals surface area (Å²) in [5.74, 6) is 0.241. The van der Waals surface area contributed by atoms with Crippen LogP contribution in [0.5, 0.6) is 0 Å². The molecule has 28 heavy (non-hydrogen) atoms. The first-order valence-electron chi connectivity index (χ1n) is 9.00. The Kier molecular flexibility index (Phi) is 5.84. The third-order valence-corrected chi connectivity index (χ3v) is 4.27. The van der Waals surface area contributed by atoms with Gasteiger partial charge < -0.3 is 10.1 Å². The van der Waals surface area contributed by atoms with Gasteiger partial charge in [0.05, 0.1) is 11.6 Å². The quantitative estimate of drug-likeness (QED) is 0.642. The van der Waals surface area contributed by atoms with Crippen molar-refractivity contribution in [2.24, 2.45) is 0 Å². The van der Waals surface area contributed by atoms with E-state index in [0.29, 0.717) is 22.8 Å². The Morgan fingerprint density at radius 2 is 1.82 bits per heavy atom. The zero-order valence-electron chi connectivity index (χ0n) is 16.0. The van der Waals surface area contributed by atoms with Crippen molar-refractivity contribution in [3.8, 4) is 11.4 Å². The molecular formula is C21H22N4O3. The second-order valence-corrected chi connectivity index (χ2v) is 6.51. The number of carbonyl (C=O) groups is 2. The van der Waals surface area contributed by atoms with E-state index in [-0.39, 0.29) is 11.9 Å². The lowest BCUT2D eigenvalue weighted by molar-refractivity contribution is -0.129. The van der Waals surface area contributed by atoms with Gasteiger partial charge >= 0.3 is 5.97 Å². The summed E-state index contributed by atoms with van der Waals surface area (Å²) in [5.41, 5.74) is 1.99. The molecule has 2 aromatic carbocycles. The number of nitrogens with one attached hydrogen (secondary N) is 2. The minimum atomic E-state index is -0.923. The van der Waals surface area contributed by atoms with Crippen molar-refractivity contribution in [3.05, 3.63) is 71.5 Å². The first-order valence-corrected chi connectivity index (χ1v) is 9.00. The Morgan fingerprint density at radius 1 is 1.07 bits per heavy atom. The monoisotopic (exact) mass is 378 g/mol. The molecule has 3 aromatic rings. The van der Waals surface area contributed by atoms with Crippen molar-refractivity contribution in [2.45, 2.75) is 32.9 Å². The van der Waals surface area contributed by atoms with Crippen LogP contribution in [0.2, 0.25) is 0 Å². The van der Waals surface area contributed by atoms with E-state index in [1.54, 1.807) is 38.1 Å². The molecule has 2 N–H and O–H groups in total. The molecular weight excluding hydrogens is 356 g/mol. The SMILES string of the molecule is Cc1nc(-c2cccc(C(=O)O[C@@H](C)C(=O)N[C@@H](C)c3ccccc3)c2)n[nH]1. The van der Waals surface area contributed by atoms with E-state index in [4.69, 9.17) is 4.74 Å². The molecule has 0 fully saturated rings. The molecule has 7 heteroatoms. The van der Waals surface area contributed by atoms with E-state index < -0.39 is 12.1 Å². The molecule has 0 radical (unpaired) electrons. The van der Waals surface area contributed by atoms with Crippen LogP contribution in [0.3, 0.4) is 0 Å². The molecule has 0 aliphatic rings. The van der Waals surface area contributed by atoms with E-state index in [0.717, 1.165) is 5.56 Å². The number of carbonyl (C=O) groups excluding carboxylic acids is 2. The predicted molar refractivity (Wildman–Crippen MR) is 104 cm³/mol. The van der Waals surface area contributed by atoms with Gasteiger partial charge in [-0.3, -0.25) is 9.89 Å². The normalized spacial score (nSPS) is 12.8. The number of rotatable bonds is 6. The fourth-order valence-corrected chi connectivity index (χ4v) is 2.69. The number of aromatic nitrogens is 3. The first-order chi connectivity index (χ1) is 13.4. The van der Waals surface area contributed by atoms with Crippen molar-refractivity contribution in [3.63, 3.8) is 0 Å². The first kappa shape index (κ1) is 19.3. The maximum atomic E-state index is 12.5. The van der Waals surface area contributed by atoms with Crippen molar-refractivity contribution in [2.75, 3.05) is 0 Å². The summed E-state index contributed by atoms with van der Waals surface area (Å²) >= 11 is 0. The van der Waals surface area contributed by atoms with Gasteiger partial charge in [-0.15, -0.1) is 0 Å². The minimum absolute atomic E-state index is 0.188. The summed E-state index contributed by atoms with van der Waals surface area (Å²) in [6.45, 7) is 5.23. The number of H-pyrrole nitrogens is 1. The molecule has 144 valence electrons. The number of hydrogen-bond acceptors (Lipinski definition) is 5. The largest absolute Gasteiger partial charge is 0.449 e. The van der Waals surface area contributed by atoms with Gasteiger partial charge in [-0.25, -0.2) is 9.78 Å². The Balaban J connectivity index is 1.63. The van der Waals surface area contributed by atoms with Gasteiger partial charge in [-0.2, -0.15) is 5.10 Å². The average molecular weight is 378 g/mol. The van der Waals surface area contributed by atoms with E-state index >= 15 is 0 Å². The number of aromatic amines is 1. The number of aryl methyl sites for hydroxylation is 1. The van der Waals surface area contributed by atoms with Gasteiger partial charge in [0.2, 0.25) is 0 Å². The summed E-state index contributed by atoms with van der Waals surface area (Å²) in [4.78, 5) is 29.1. The molecule has 0 bridgehead atoms. The molecule has 0 unspecified atom stereocenters. The number of ether oxygens (including phenoxy) is 1. The summed E-state index contributed by atoms with van der Waals surface area (Å²) in [6, 6.07) is 16.2. The standard InChI is InChI=1S/C21H22N4O3/c1-13(16-8-5-4-6-9-16)22-20(26)14(2)28-21(27)18-11-7-10-17(12-18)19-23-15(3)24-25-19/h4-14H,1-3H3,(H,22,26)(H,23,24,25)/t13-,14-/m0/s1. The number of benzene rings is 2. The van der Waals surface area contributed by atoms with Crippen LogP contribution in [0, 0.1) is 6.92 Å². The Bertz CT molecular complexity index is 969. The van der Waals surface area contributed by atoms with Crippen molar-refractivity contribution >= 4 is 11.9 Å². The molecule has 1 amide bonds. The number of hydrogen-bond donors (Lipinski definition) is 2. The molecule has 3 rings (SSSR count). The molecule has 1 aromatic heterocycles. The highest BCUT2D eigenvalue weighted by Gasteiger charge is 2.21. The van der Waals surface area contributed by atoms with Gasteiger partial charge in [0, 0.05) is 5.56 Å². The van der Waals surface area contributed by atoms with Crippen molar-refractivity contribution in [1.82, 2.24) is 20.5 Å². The van der Waals surface area contributed by atoms with Crippen LogP contribution in [-0.2, 0) is 9.53 Å². The van der Waals surface area contributed by atoms with Crippen LogP contribution in [0.15, 0.2) is 54.6 Å². The smallest absolute Gasteiger partial charge is 0.338 e. The molecule has 0 saturated heterocycles. The minimum Gasteiger partial charge on any atom is -0.449 e. The van der Waals surface area contributed by atoms with E-state index in [1.165, 1.54) is 0 Å². The Labute approximate surface area is 163 Å². The van der Waals surface area contributed by atoms with Gasteiger partial charge in [0.15, 0.2) is 11.9 Å². The van der Waals surface area contributed by atoms with E-state index in [1.807, 2.05) is 37.3 Å². The average Bonchev–Trinajstić information content (AvgIpc) is 3.15. The highest BCUT2D eigenvalue weighted by atomic mass is 16.5. The molecule has 1 heterocycles. The van der Waals surface area contributed by atoms with Gasteiger partial charge in [0.25, 0.3) is 5.91 Å². The van der Waals surface area contributed by atoms with Crippen LogP contribution in [0.1, 0.15) is 41.6 Å². The summed E-state index contributed by atoms with van der Waals surface area (Å²) < 4.78 is 5.33. The number of nitrogens with zero attached hydrogens (tertiary/aromatic N) is 2. The van der Waals surface area contributed by atoms with Gasteiger partial charge in [-0.05, 0) is 38.5 Å². The van der Waals surface area contributed by atoms with Crippen LogP contribution in [0.25, 0.3) is 11.4 Å². The topological polar surface area (TPSA) is 97.0 Å². The maximum absolute atomic E-state index is 12.5. The van der Waals surface area contributed by atoms with E-state index in [9.17, 15) is 9.59 Å². The lowest BCUT2D eigenvalue weighted by atomic mass is 10.1. The fraction of sp³-hybridized carbons (Fsp3) is 0.238. The zero-order chi connectivity index (χ0) is 20.1. The third-order valence-electron chi connectivity index (χ3n) is 4.27. The number of amides is 1. The maximum Gasteiger partial charge on any atom is 0.338 e. The van der Waals surface area contributed by atoms with Gasteiger partial charge in [0.1, 0.15) is 5.82 Å².